The number of carbonyl (C=O) groups excluding carboxylic acids is 1. The zero-order valence-corrected chi connectivity index (χ0v) is 9.48. The zero-order chi connectivity index (χ0) is 11.2. The predicted molar refractivity (Wildman–Crippen MR) is 58.5 cm³/mol. The van der Waals surface area contributed by atoms with Crippen molar-refractivity contribution in [1.29, 1.82) is 0 Å². The van der Waals surface area contributed by atoms with Gasteiger partial charge in [-0.15, -0.1) is 0 Å². The Kier molecular flexibility index (Phi) is 2.26. The Morgan fingerprint density at radius 2 is 2.20 bits per heavy atom. The predicted octanol–water partition coefficient (Wildman–Crippen LogP) is 1.80. The van der Waals surface area contributed by atoms with Gasteiger partial charge < -0.3 is 10.0 Å². The number of alkyl halides is 1. The average molecular weight is 270 g/mol. The summed E-state index contributed by atoms with van der Waals surface area (Å²) in [5, 5.41) is 8.82. The average Bonchev–Trinajstić information content (AvgIpc) is 2.44. The summed E-state index contributed by atoms with van der Waals surface area (Å²) in [5.74, 6) is -1.06. The molecule has 1 aromatic carbocycles. The highest BCUT2D eigenvalue weighted by atomic mass is 79.9. The molecular weight excluding hydrogens is 262 g/mol. The van der Waals surface area contributed by atoms with E-state index in [1.54, 1.807) is 13.1 Å². The largest absolute Gasteiger partial charge is 0.478 e. The third-order valence-electron chi connectivity index (χ3n) is 2.46. The van der Waals surface area contributed by atoms with Crippen molar-refractivity contribution in [3.05, 3.63) is 29.3 Å². The Hall–Kier alpha value is -1.36. The van der Waals surface area contributed by atoms with Gasteiger partial charge in [0.05, 0.1) is 5.56 Å². The SMILES string of the molecule is CN1C(=O)C(Br)c2cc(C(=O)O)ccc21. The van der Waals surface area contributed by atoms with Crippen molar-refractivity contribution < 1.29 is 14.7 Å². The topological polar surface area (TPSA) is 57.6 Å². The molecule has 0 aromatic heterocycles. The van der Waals surface area contributed by atoms with Gasteiger partial charge in [-0.1, -0.05) is 15.9 Å². The lowest BCUT2D eigenvalue weighted by molar-refractivity contribution is -0.117. The Morgan fingerprint density at radius 3 is 2.80 bits per heavy atom. The first kappa shape index (κ1) is 10.2. The van der Waals surface area contributed by atoms with E-state index in [-0.39, 0.29) is 11.5 Å². The molecule has 1 aliphatic heterocycles. The molecule has 15 heavy (non-hydrogen) atoms. The fourth-order valence-electron chi connectivity index (χ4n) is 1.62. The highest BCUT2D eigenvalue weighted by molar-refractivity contribution is 9.09. The first-order valence-electron chi connectivity index (χ1n) is 4.31. The minimum absolute atomic E-state index is 0.0764. The Bertz CT molecular complexity index is 458. The number of carboxylic acid groups (broad SMARTS) is 1. The summed E-state index contributed by atoms with van der Waals surface area (Å²) < 4.78 is 0. The molecule has 1 N–H and O–H groups in total. The van der Waals surface area contributed by atoms with Crippen LogP contribution in [-0.4, -0.2) is 24.0 Å². The number of anilines is 1. The molecule has 1 amide bonds. The maximum atomic E-state index is 11.6. The van der Waals surface area contributed by atoms with Gasteiger partial charge in [-0.25, -0.2) is 4.79 Å². The summed E-state index contributed by atoms with van der Waals surface area (Å²) in [5.41, 5.74) is 1.66. The maximum Gasteiger partial charge on any atom is 0.335 e. The van der Waals surface area contributed by atoms with E-state index in [0.717, 1.165) is 5.69 Å². The highest BCUT2D eigenvalue weighted by Gasteiger charge is 2.33. The lowest BCUT2D eigenvalue weighted by Gasteiger charge is -2.09. The molecule has 2 rings (SSSR count). The molecule has 0 bridgehead atoms. The zero-order valence-electron chi connectivity index (χ0n) is 7.90. The van der Waals surface area contributed by atoms with Crippen LogP contribution < -0.4 is 4.90 Å². The number of nitrogens with zero attached hydrogens (tertiary/aromatic N) is 1. The van der Waals surface area contributed by atoms with E-state index in [9.17, 15) is 9.59 Å². The van der Waals surface area contributed by atoms with Crippen molar-refractivity contribution in [2.45, 2.75) is 4.83 Å². The summed E-state index contributed by atoms with van der Waals surface area (Å²) >= 11 is 3.24. The number of fused-ring (bicyclic) bond motifs is 1. The minimum atomic E-state index is -0.987. The normalized spacial score (nSPS) is 19.2. The van der Waals surface area contributed by atoms with Crippen LogP contribution in [0.1, 0.15) is 20.7 Å². The van der Waals surface area contributed by atoms with Crippen LogP contribution >= 0.6 is 15.9 Å². The minimum Gasteiger partial charge on any atom is -0.478 e. The van der Waals surface area contributed by atoms with E-state index >= 15 is 0 Å². The van der Waals surface area contributed by atoms with E-state index < -0.39 is 10.8 Å². The molecule has 5 heteroatoms. The fourth-order valence-corrected chi connectivity index (χ4v) is 2.29. The molecule has 1 unspecified atom stereocenters. The van der Waals surface area contributed by atoms with Crippen LogP contribution in [0.2, 0.25) is 0 Å². The number of benzene rings is 1. The molecule has 0 radical (unpaired) electrons. The van der Waals surface area contributed by atoms with Crippen LogP contribution in [0.25, 0.3) is 0 Å². The summed E-state index contributed by atoms with van der Waals surface area (Å²) in [6.45, 7) is 0. The summed E-state index contributed by atoms with van der Waals surface area (Å²) in [4.78, 5) is 23.4. The van der Waals surface area contributed by atoms with Gasteiger partial charge in [0, 0.05) is 12.7 Å². The summed E-state index contributed by atoms with van der Waals surface area (Å²) in [7, 11) is 1.67. The standard InChI is InChI=1S/C10H8BrNO3/c1-12-7-3-2-5(10(14)15)4-6(7)8(11)9(12)13/h2-4,8H,1H3,(H,14,15). The van der Waals surface area contributed by atoms with E-state index in [0.29, 0.717) is 5.56 Å². The first-order valence-corrected chi connectivity index (χ1v) is 5.23. The van der Waals surface area contributed by atoms with Crippen molar-refractivity contribution in [2.75, 3.05) is 11.9 Å². The number of carboxylic acids is 1. The Balaban J connectivity index is 2.56. The molecule has 0 fully saturated rings. The van der Waals surface area contributed by atoms with Crippen LogP contribution in [-0.2, 0) is 4.79 Å². The van der Waals surface area contributed by atoms with Gasteiger partial charge in [-0.3, -0.25) is 4.79 Å². The van der Waals surface area contributed by atoms with Crippen LogP contribution in [0.3, 0.4) is 0 Å². The van der Waals surface area contributed by atoms with Crippen LogP contribution in [0, 0.1) is 0 Å². The van der Waals surface area contributed by atoms with Gasteiger partial charge in [0.25, 0.3) is 0 Å². The molecule has 1 aliphatic rings. The highest BCUT2D eigenvalue weighted by Crippen LogP contribution is 2.40. The third-order valence-corrected chi connectivity index (χ3v) is 3.34. The molecule has 0 aliphatic carbocycles. The number of carbonyl (C=O) groups is 2. The molecule has 1 atom stereocenters. The number of amides is 1. The third kappa shape index (κ3) is 1.43. The number of hydrogen-bond donors (Lipinski definition) is 1. The van der Waals surface area contributed by atoms with Gasteiger partial charge in [0.1, 0.15) is 4.83 Å². The Labute approximate surface area is 94.6 Å². The monoisotopic (exact) mass is 269 g/mol. The number of rotatable bonds is 1. The quantitative estimate of drug-likeness (QED) is 0.791. The molecule has 0 spiro atoms. The van der Waals surface area contributed by atoms with Crippen molar-refractivity contribution in [3.63, 3.8) is 0 Å². The number of likely N-dealkylation sites (N-methyl/N-ethyl adjacent to an activating group) is 1. The van der Waals surface area contributed by atoms with E-state index in [2.05, 4.69) is 15.9 Å². The summed E-state index contributed by atoms with van der Waals surface area (Å²) in [6.07, 6.45) is 0. The number of aromatic carboxylic acids is 1. The lowest BCUT2D eigenvalue weighted by atomic mass is 10.1. The molecule has 1 aromatic rings. The Morgan fingerprint density at radius 1 is 1.53 bits per heavy atom. The lowest BCUT2D eigenvalue weighted by Crippen LogP contribution is -2.21. The second-order valence-electron chi connectivity index (χ2n) is 3.34. The maximum absolute atomic E-state index is 11.6. The van der Waals surface area contributed by atoms with Crippen molar-refractivity contribution in [3.8, 4) is 0 Å². The molecule has 78 valence electrons. The number of hydrogen-bond acceptors (Lipinski definition) is 2. The molecular formula is C10H8BrNO3. The van der Waals surface area contributed by atoms with E-state index in [4.69, 9.17) is 5.11 Å². The fraction of sp³-hybridized carbons (Fsp3) is 0.200. The van der Waals surface area contributed by atoms with Crippen molar-refractivity contribution in [1.82, 2.24) is 0 Å². The van der Waals surface area contributed by atoms with Gasteiger partial charge >= 0.3 is 5.97 Å². The van der Waals surface area contributed by atoms with E-state index in [1.807, 2.05) is 0 Å². The molecule has 0 saturated heterocycles. The second kappa shape index (κ2) is 3.34. The first-order chi connectivity index (χ1) is 7.02. The van der Waals surface area contributed by atoms with Gasteiger partial charge in [0.2, 0.25) is 5.91 Å². The van der Waals surface area contributed by atoms with Crippen molar-refractivity contribution >= 4 is 33.5 Å². The molecule has 0 saturated carbocycles. The van der Waals surface area contributed by atoms with Gasteiger partial charge in [-0.2, -0.15) is 0 Å². The smallest absolute Gasteiger partial charge is 0.335 e. The molecule has 4 nitrogen and oxygen atoms in total. The second-order valence-corrected chi connectivity index (χ2v) is 4.25. The number of halogens is 1. The summed E-state index contributed by atoms with van der Waals surface area (Å²) in [6, 6.07) is 4.67. The van der Waals surface area contributed by atoms with Gasteiger partial charge in [-0.05, 0) is 23.8 Å². The van der Waals surface area contributed by atoms with Crippen LogP contribution in [0.4, 0.5) is 5.69 Å². The van der Waals surface area contributed by atoms with E-state index in [1.165, 1.54) is 17.0 Å². The van der Waals surface area contributed by atoms with Crippen LogP contribution in [0.15, 0.2) is 18.2 Å². The van der Waals surface area contributed by atoms with Crippen LogP contribution in [0.5, 0.6) is 0 Å². The van der Waals surface area contributed by atoms with Gasteiger partial charge in [0.15, 0.2) is 0 Å². The van der Waals surface area contributed by atoms with Crippen molar-refractivity contribution in [2.24, 2.45) is 0 Å². The molecule has 1 heterocycles.